The van der Waals surface area contributed by atoms with Gasteiger partial charge in [0.15, 0.2) is 17.0 Å². The molecule has 0 saturated heterocycles. The molecule has 0 spiro atoms. The summed E-state index contributed by atoms with van der Waals surface area (Å²) in [6.45, 7) is 1.87. The van der Waals surface area contributed by atoms with Gasteiger partial charge in [-0.25, -0.2) is 9.78 Å². The smallest absolute Gasteiger partial charge is 0.326 e. The molecule has 0 radical (unpaired) electrons. The molecule has 3 unspecified atom stereocenters. The van der Waals surface area contributed by atoms with Gasteiger partial charge in [-0.1, -0.05) is 19.1 Å². The van der Waals surface area contributed by atoms with Gasteiger partial charge in [0.25, 0.3) is 0 Å². The first-order chi connectivity index (χ1) is 11.5. The lowest BCUT2D eigenvalue weighted by molar-refractivity contribution is -0.137. The summed E-state index contributed by atoms with van der Waals surface area (Å²) in [5.41, 5.74) is 6.81. The number of aliphatic hydroxyl groups is 1. The molecule has 2 aromatic rings. The summed E-state index contributed by atoms with van der Waals surface area (Å²) in [5.74, 6) is -0.494. The Bertz CT molecular complexity index is 787. The van der Waals surface area contributed by atoms with Crippen molar-refractivity contribution in [2.45, 2.75) is 31.8 Å². The van der Waals surface area contributed by atoms with Crippen molar-refractivity contribution in [1.82, 2.24) is 19.5 Å². The van der Waals surface area contributed by atoms with E-state index in [-0.39, 0.29) is 24.5 Å². The van der Waals surface area contributed by atoms with E-state index in [0.717, 1.165) is 6.42 Å². The summed E-state index contributed by atoms with van der Waals surface area (Å²) in [4.78, 5) is 23.9. The number of nitrogen functional groups attached to an aromatic ring is 1. The predicted octanol–water partition coefficient (Wildman–Crippen LogP) is 0.793. The van der Waals surface area contributed by atoms with Crippen LogP contribution in [0.2, 0.25) is 0 Å². The van der Waals surface area contributed by atoms with E-state index in [9.17, 15) is 15.0 Å². The highest BCUT2D eigenvalue weighted by molar-refractivity contribution is 5.87. The summed E-state index contributed by atoms with van der Waals surface area (Å²) >= 11 is 0. The molecule has 0 aromatic carbocycles. The minimum absolute atomic E-state index is 0.0238. The quantitative estimate of drug-likeness (QED) is 0.569. The number of aromatic nitrogens is 4. The van der Waals surface area contributed by atoms with Crippen molar-refractivity contribution in [3.05, 3.63) is 18.5 Å². The highest BCUT2D eigenvalue weighted by Crippen LogP contribution is 2.31. The molecule has 0 fully saturated rings. The van der Waals surface area contributed by atoms with Crippen LogP contribution in [-0.4, -0.2) is 48.4 Å². The number of hydrogen-bond acceptors (Lipinski definition) is 7. The lowest BCUT2D eigenvalue weighted by Gasteiger charge is -2.15. The van der Waals surface area contributed by atoms with E-state index in [0.29, 0.717) is 23.4 Å². The SMILES string of the molecule is CCC(Nc1nc(N)nc2c1ncn2C1C=CC(CO)C1)C(=O)O. The lowest BCUT2D eigenvalue weighted by atomic mass is 10.1. The Morgan fingerprint density at radius 1 is 1.50 bits per heavy atom. The van der Waals surface area contributed by atoms with E-state index in [4.69, 9.17) is 5.73 Å². The van der Waals surface area contributed by atoms with Crippen molar-refractivity contribution in [1.29, 1.82) is 0 Å². The molecule has 1 aliphatic rings. The van der Waals surface area contributed by atoms with Gasteiger partial charge in [0, 0.05) is 12.5 Å². The summed E-state index contributed by atoms with van der Waals surface area (Å²) in [7, 11) is 0. The predicted molar refractivity (Wildman–Crippen MR) is 88.4 cm³/mol. The number of anilines is 2. The van der Waals surface area contributed by atoms with Gasteiger partial charge in [0.1, 0.15) is 6.04 Å². The number of nitrogens with zero attached hydrogens (tertiary/aromatic N) is 4. The first-order valence-electron chi connectivity index (χ1n) is 7.82. The molecule has 5 N–H and O–H groups in total. The number of fused-ring (bicyclic) bond motifs is 1. The topological polar surface area (TPSA) is 139 Å². The third kappa shape index (κ3) is 2.90. The molecule has 2 aromatic heterocycles. The molecule has 0 saturated carbocycles. The molecular weight excluding hydrogens is 312 g/mol. The van der Waals surface area contributed by atoms with Crippen LogP contribution in [-0.2, 0) is 4.79 Å². The van der Waals surface area contributed by atoms with Crippen molar-refractivity contribution >= 4 is 28.9 Å². The van der Waals surface area contributed by atoms with Crippen LogP contribution in [0.15, 0.2) is 18.5 Å². The number of carboxylic acid groups (broad SMARTS) is 1. The van der Waals surface area contributed by atoms with Gasteiger partial charge >= 0.3 is 5.97 Å². The zero-order chi connectivity index (χ0) is 17.3. The largest absolute Gasteiger partial charge is 0.480 e. The van der Waals surface area contributed by atoms with Gasteiger partial charge < -0.3 is 25.8 Å². The maximum Gasteiger partial charge on any atom is 0.326 e. The molecule has 0 aliphatic heterocycles. The summed E-state index contributed by atoms with van der Waals surface area (Å²) in [6.07, 6.45) is 6.75. The zero-order valence-corrected chi connectivity index (χ0v) is 13.3. The molecule has 3 atom stereocenters. The summed E-state index contributed by atoms with van der Waals surface area (Å²) in [6, 6.07) is -0.756. The van der Waals surface area contributed by atoms with E-state index < -0.39 is 12.0 Å². The third-order valence-electron chi connectivity index (χ3n) is 4.20. The number of aliphatic hydroxyl groups excluding tert-OH is 1. The molecule has 24 heavy (non-hydrogen) atoms. The van der Waals surface area contributed by atoms with Crippen molar-refractivity contribution in [2.24, 2.45) is 5.92 Å². The van der Waals surface area contributed by atoms with E-state index >= 15 is 0 Å². The van der Waals surface area contributed by atoms with Crippen LogP contribution in [0.1, 0.15) is 25.8 Å². The van der Waals surface area contributed by atoms with Gasteiger partial charge in [0.2, 0.25) is 5.95 Å². The molecule has 3 rings (SSSR count). The Kier molecular flexibility index (Phi) is 4.34. The van der Waals surface area contributed by atoms with Crippen LogP contribution < -0.4 is 11.1 Å². The van der Waals surface area contributed by atoms with Gasteiger partial charge in [0.05, 0.1) is 12.4 Å². The molecule has 9 nitrogen and oxygen atoms in total. The maximum atomic E-state index is 11.2. The van der Waals surface area contributed by atoms with Crippen LogP contribution in [0, 0.1) is 5.92 Å². The van der Waals surface area contributed by atoms with Crippen LogP contribution in [0.3, 0.4) is 0 Å². The van der Waals surface area contributed by atoms with Crippen LogP contribution >= 0.6 is 0 Å². The lowest BCUT2D eigenvalue weighted by Crippen LogP contribution is -2.29. The minimum Gasteiger partial charge on any atom is -0.480 e. The molecule has 0 amide bonds. The Hall–Kier alpha value is -2.68. The highest BCUT2D eigenvalue weighted by atomic mass is 16.4. The number of nitrogens with one attached hydrogen (secondary N) is 1. The second kappa shape index (κ2) is 6.44. The van der Waals surface area contributed by atoms with Crippen molar-refractivity contribution in [3.63, 3.8) is 0 Å². The molecular formula is C15H20N6O3. The molecule has 9 heteroatoms. The number of hydrogen-bond donors (Lipinski definition) is 4. The number of imidazole rings is 1. The molecule has 128 valence electrons. The Morgan fingerprint density at radius 2 is 2.29 bits per heavy atom. The second-order valence-corrected chi connectivity index (χ2v) is 5.83. The molecule has 1 aliphatic carbocycles. The van der Waals surface area contributed by atoms with Crippen LogP contribution in [0.5, 0.6) is 0 Å². The standard InChI is InChI=1S/C15H20N6O3/c1-2-10(14(23)24)18-12-11-13(20-15(16)19-12)21(7-17-11)9-4-3-8(5-9)6-22/h3-4,7-10,22H,2,5-6H2,1H3,(H,23,24)(H3,16,18,19,20). The number of carbonyl (C=O) groups is 1. The summed E-state index contributed by atoms with van der Waals surface area (Å²) < 4.78 is 1.87. The van der Waals surface area contributed by atoms with Crippen LogP contribution in [0.25, 0.3) is 11.2 Å². The second-order valence-electron chi connectivity index (χ2n) is 5.83. The fraction of sp³-hybridized carbons (Fsp3) is 0.467. The zero-order valence-electron chi connectivity index (χ0n) is 13.3. The Balaban J connectivity index is 1.98. The Labute approximate surface area is 138 Å². The average molecular weight is 332 g/mol. The number of allylic oxidation sites excluding steroid dienone is 1. The first-order valence-corrected chi connectivity index (χ1v) is 7.82. The third-order valence-corrected chi connectivity index (χ3v) is 4.20. The van der Waals surface area contributed by atoms with Crippen LogP contribution in [0.4, 0.5) is 11.8 Å². The van der Waals surface area contributed by atoms with E-state index in [1.165, 1.54) is 0 Å². The number of rotatable bonds is 6. The van der Waals surface area contributed by atoms with Crippen molar-refractivity contribution in [3.8, 4) is 0 Å². The van der Waals surface area contributed by atoms with Crippen molar-refractivity contribution < 1.29 is 15.0 Å². The van der Waals surface area contributed by atoms with Gasteiger partial charge in [-0.2, -0.15) is 9.97 Å². The van der Waals surface area contributed by atoms with E-state index in [2.05, 4.69) is 20.3 Å². The number of carboxylic acids is 1. The Morgan fingerprint density at radius 3 is 2.92 bits per heavy atom. The fourth-order valence-electron chi connectivity index (χ4n) is 2.87. The van der Waals surface area contributed by atoms with E-state index in [1.54, 1.807) is 13.3 Å². The number of aliphatic carboxylic acids is 1. The highest BCUT2D eigenvalue weighted by Gasteiger charge is 2.24. The molecule has 0 bridgehead atoms. The maximum absolute atomic E-state index is 11.2. The minimum atomic E-state index is -0.966. The van der Waals surface area contributed by atoms with Gasteiger partial charge in [-0.05, 0) is 12.8 Å². The fourth-order valence-corrected chi connectivity index (χ4v) is 2.87. The summed E-state index contributed by atoms with van der Waals surface area (Å²) in [5, 5.41) is 21.4. The van der Waals surface area contributed by atoms with Crippen molar-refractivity contribution in [2.75, 3.05) is 17.7 Å². The van der Waals surface area contributed by atoms with Gasteiger partial charge in [-0.15, -0.1) is 0 Å². The van der Waals surface area contributed by atoms with E-state index in [1.807, 2.05) is 16.7 Å². The average Bonchev–Trinajstić information content (AvgIpc) is 3.17. The normalized spacial score (nSPS) is 21.2. The van der Waals surface area contributed by atoms with Gasteiger partial charge in [-0.3, -0.25) is 0 Å². The molecule has 2 heterocycles. The monoisotopic (exact) mass is 332 g/mol. The number of nitrogens with two attached hydrogens (primary N) is 1. The first kappa shape index (κ1) is 16.2.